The van der Waals surface area contributed by atoms with Crippen molar-refractivity contribution in [3.63, 3.8) is 0 Å². The minimum atomic E-state index is 0.452. The van der Waals surface area contributed by atoms with Gasteiger partial charge in [-0.15, -0.1) is 0 Å². The van der Waals surface area contributed by atoms with Gasteiger partial charge in [0.25, 0.3) is 0 Å². The van der Waals surface area contributed by atoms with Gasteiger partial charge in [-0.2, -0.15) is 0 Å². The van der Waals surface area contributed by atoms with Crippen molar-refractivity contribution in [2.24, 2.45) is 5.92 Å². The van der Waals surface area contributed by atoms with Crippen LogP contribution in [0.2, 0.25) is 0 Å². The summed E-state index contributed by atoms with van der Waals surface area (Å²) in [5.74, 6) is 2.66. The van der Waals surface area contributed by atoms with E-state index in [9.17, 15) is 0 Å². The zero-order valence-corrected chi connectivity index (χ0v) is 18.9. The van der Waals surface area contributed by atoms with Crippen LogP contribution in [0.4, 0.5) is 11.4 Å². The number of rotatable bonds is 10. The lowest BCUT2D eigenvalue weighted by atomic mass is 9.86. The second-order valence-corrected chi connectivity index (χ2v) is 8.66. The molecular weight excluding hydrogens is 398 g/mol. The summed E-state index contributed by atoms with van der Waals surface area (Å²) in [5, 5.41) is 3.50. The molecule has 4 rings (SSSR count). The number of aryl methyl sites for hydroxylation is 1. The van der Waals surface area contributed by atoms with Crippen LogP contribution in [0.25, 0.3) is 0 Å². The zero-order valence-electron chi connectivity index (χ0n) is 18.9. The van der Waals surface area contributed by atoms with Crippen LogP contribution in [0.1, 0.15) is 56.1 Å². The number of benzene rings is 2. The second-order valence-electron chi connectivity index (χ2n) is 8.66. The normalized spacial score (nSPS) is 14.2. The Bertz CT molecular complexity index is 972. The minimum absolute atomic E-state index is 0.452. The third-order valence-corrected chi connectivity index (χ3v) is 6.08. The maximum atomic E-state index is 6.03. The lowest BCUT2D eigenvalue weighted by molar-refractivity contribution is 0.269. The van der Waals surface area contributed by atoms with Crippen molar-refractivity contribution in [1.82, 2.24) is 9.97 Å². The van der Waals surface area contributed by atoms with Crippen LogP contribution >= 0.6 is 0 Å². The molecular formula is C27H33N3O2. The van der Waals surface area contributed by atoms with Gasteiger partial charge in [-0.3, -0.25) is 0 Å². The molecule has 3 aromatic rings. The molecule has 1 N–H and O–H groups in total. The van der Waals surface area contributed by atoms with Crippen LogP contribution in [0.3, 0.4) is 0 Å². The first-order valence-electron chi connectivity index (χ1n) is 11.7. The fourth-order valence-electron chi connectivity index (χ4n) is 4.29. The Kier molecular flexibility index (Phi) is 7.96. The van der Waals surface area contributed by atoms with Crippen molar-refractivity contribution in [3.8, 4) is 11.5 Å². The highest BCUT2D eigenvalue weighted by Crippen LogP contribution is 2.29. The number of nitrogens with one attached hydrogen (secondary N) is 1. The molecule has 5 nitrogen and oxygen atoms in total. The zero-order chi connectivity index (χ0) is 22.0. The van der Waals surface area contributed by atoms with Gasteiger partial charge >= 0.3 is 0 Å². The molecule has 0 saturated heterocycles. The van der Waals surface area contributed by atoms with E-state index in [1.54, 1.807) is 12.4 Å². The van der Waals surface area contributed by atoms with Gasteiger partial charge in [-0.1, -0.05) is 38.2 Å². The Morgan fingerprint density at radius 1 is 0.938 bits per heavy atom. The van der Waals surface area contributed by atoms with Crippen LogP contribution in [0.5, 0.6) is 11.5 Å². The molecule has 0 radical (unpaired) electrons. The number of hydrogen-bond acceptors (Lipinski definition) is 5. The average Bonchev–Trinajstić information content (AvgIpc) is 2.84. The number of hydrogen-bond donors (Lipinski definition) is 1. The van der Waals surface area contributed by atoms with Crippen LogP contribution < -0.4 is 14.8 Å². The third-order valence-electron chi connectivity index (χ3n) is 6.08. The van der Waals surface area contributed by atoms with Gasteiger partial charge in [0, 0.05) is 35.4 Å². The maximum Gasteiger partial charge on any atom is 0.121 e. The first-order valence-corrected chi connectivity index (χ1v) is 11.7. The van der Waals surface area contributed by atoms with Gasteiger partial charge in [0.05, 0.1) is 6.61 Å². The van der Waals surface area contributed by atoms with Gasteiger partial charge in [-0.05, 0) is 61.6 Å². The number of nitrogens with zero attached hydrogens (tertiary/aromatic N) is 2. The Morgan fingerprint density at radius 3 is 2.56 bits per heavy atom. The summed E-state index contributed by atoms with van der Waals surface area (Å²) in [6.07, 6.45) is 14.5. The predicted octanol–water partition coefficient (Wildman–Crippen LogP) is 6.85. The molecule has 1 fully saturated rings. The molecule has 1 aliphatic carbocycles. The van der Waals surface area contributed by atoms with Crippen molar-refractivity contribution in [2.75, 3.05) is 11.9 Å². The largest absolute Gasteiger partial charge is 0.494 e. The molecule has 0 aliphatic heterocycles. The van der Waals surface area contributed by atoms with Crippen LogP contribution in [0.15, 0.2) is 61.2 Å². The first-order chi connectivity index (χ1) is 15.8. The number of ether oxygens (including phenoxy) is 2. The standard InChI is InChI=1S/C27H33N3O2/c1-21-15-26(32-19-23-17-28-20-29-18-23)12-13-27(21)30-24-10-5-11-25(16-24)31-14-6-9-22-7-3-2-4-8-22/h5,10-13,15-18,20,22,30H,2-4,6-9,14,19H2,1H3. The van der Waals surface area contributed by atoms with Crippen LogP contribution in [0, 0.1) is 12.8 Å². The third kappa shape index (κ3) is 6.71. The Hall–Kier alpha value is -3.08. The van der Waals surface area contributed by atoms with Crippen molar-refractivity contribution in [1.29, 1.82) is 0 Å². The Labute approximate surface area is 191 Å². The van der Waals surface area contributed by atoms with E-state index in [2.05, 4.69) is 34.3 Å². The summed E-state index contributed by atoms with van der Waals surface area (Å²) in [4.78, 5) is 8.03. The second kappa shape index (κ2) is 11.5. The van der Waals surface area contributed by atoms with Gasteiger partial charge in [0.15, 0.2) is 0 Å². The Balaban J connectivity index is 1.26. The van der Waals surface area contributed by atoms with Gasteiger partial charge in [0.2, 0.25) is 0 Å². The smallest absolute Gasteiger partial charge is 0.121 e. The lowest BCUT2D eigenvalue weighted by Gasteiger charge is -2.21. The first kappa shape index (κ1) is 22.1. The maximum absolute atomic E-state index is 6.03. The highest BCUT2D eigenvalue weighted by molar-refractivity contribution is 5.65. The SMILES string of the molecule is Cc1cc(OCc2cncnc2)ccc1Nc1cccc(OCCCC2CCCCC2)c1. The van der Waals surface area contributed by atoms with Gasteiger partial charge < -0.3 is 14.8 Å². The molecule has 32 heavy (non-hydrogen) atoms. The summed E-state index contributed by atoms with van der Waals surface area (Å²) < 4.78 is 11.9. The van der Waals surface area contributed by atoms with Crippen molar-refractivity contribution in [3.05, 3.63) is 72.3 Å². The fraction of sp³-hybridized carbons (Fsp3) is 0.407. The molecule has 168 valence electrons. The van der Waals surface area contributed by atoms with E-state index >= 15 is 0 Å². The van der Waals surface area contributed by atoms with Crippen molar-refractivity contribution in [2.45, 2.75) is 58.5 Å². The Morgan fingerprint density at radius 2 is 1.75 bits per heavy atom. The molecule has 1 saturated carbocycles. The average molecular weight is 432 g/mol. The summed E-state index contributed by atoms with van der Waals surface area (Å²) in [7, 11) is 0. The number of anilines is 2. The molecule has 5 heteroatoms. The fourth-order valence-corrected chi connectivity index (χ4v) is 4.29. The van der Waals surface area contributed by atoms with E-state index in [-0.39, 0.29) is 0 Å². The van der Waals surface area contributed by atoms with Crippen molar-refractivity contribution >= 4 is 11.4 Å². The molecule has 1 aliphatic rings. The van der Waals surface area contributed by atoms with Gasteiger partial charge in [0.1, 0.15) is 24.4 Å². The van der Waals surface area contributed by atoms with Crippen molar-refractivity contribution < 1.29 is 9.47 Å². The minimum Gasteiger partial charge on any atom is -0.494 e. The summed E-state index contributed by atoms with van der Waals surface area (Å²) in [6.45, 7) is 3.32. The van der Waals surface area contributed by atoms with E-state index in [0.717, 1.165) is 52.9 Å². The molecule has 2 aromatic carbocycles. The van der Waals surface area contributed by atoms with Gasteiger partial charge in [-0.25, -0.2) is 9.97 Å². The lowest BCUT2D eigenvalue weighted by Crippen LogP contribution is -2.08. The summed E-state index contributed by atoms with van der Waals surface area (Å²) in [5.41, 5.74) is 4.14. The van der Waals surface area contributed by atoms with E-state index in [1.165, 1.54) is 44.9 Å². The van der Waals surface area contributed by atoms with Crippen LogP contribution in [-0.4, -0.2) is 16.6 Å². The van der Waals surface area contributed by atoms with Crippen LogP contribution in [-0.2, 0) is 6.61 Å². The van der Waals surface area contributed by atoms with E-state index < -0.39 is 0 Å². The monoisotopic (exact) mass is 431 g/mol. The van der Waals surface area contributed by atoms with E-state index in [1.807, 2.05) is 30.3 Å². The highest BCUT2D eigenvalue weighted by Gasteiger charge is 2.12. The molecule has 0 atom stereocenters. The highest BCUT2D eigenvalue weighted by atomic mass is 16.5. The molecule has 0 unspecified atom stereocenters. The quantitative estimate of drug-likeness (QED) is 0.356. The molecule has 0 spiro atoms. The number of aromatic nitrogens is 2. The predicted molar refractivity (Wildman–Crippen MR) is 129 cm³/mol. The molecule has 0 amide bonds. The topological polar surface area (TPSA) is 56.3 Å². The molecule has 1 heterocycles. The van der Waals surface area contributed by atoms with E-state index in [4.69, 9.17) is 9.47 Å². The summed E-state index contributed by atoms with van der Waals surface area (Å²) >= 11 is 0. The van der Waals surface area contributed by atoms with E-state index in [0.29, 0.717) is 6.61 Å². The molecule has 0 bridgehead atoms. The summed E-state index contributed by atoms with van der Waals surface area (Å²) in [6, 6.07) is 14.3. The molecule has 1 aromatic heterocycles.